The lowest BCUT2D eigenvalue weighted by molar-refractivity contribution is 0.0916. The van der Waals surface area contributed by atoms with Gasteiger partial charge in [-0.1, -0.05) is 13.8 Å². The van der Waals surface area contributed by atoms with Gasteiger partial charge in [-0.15, -0.1) is 0 Å². The summed E-state index contributed by atoms with van der Waals surface area (Å²) >= 11 is 0. The van der Waals surface area contributed by atoms with E-state index in [1.807, 2.05) is 13.8 Å². The monoisotopic (exact) mass is 260 g/mol. The quantitative estimate of drug-likeness (QED) is 0.835. The Labute approximate surface area is 112 Å². The highest BCUT2D eigenvalue weighted by Crippen LogP contribution is 2.25. The number of methoxy groups -OCH3 is 1. The summed E-state index contributed by atoms with van der Waals surface area (Å²) in [4.78, 5) is 23.9. The van der Waals surface area contributed by atoms with Crippen LogP contribution in [0.25, 0.3) is 0 Å². The molecule has 0 unspecified atom stereocenters. The molecule has 0 fully saturated rings. The van der Waals surface area contributed by atoms with Crippen molar-refractivity contribution in [3.8, 4) is 5.75 Å². The summed E-state index contributed by atoms with van der Waals surface area (Å²) in [7, 11) is 1.38. The van der Waals surface area contributed by atoms with Crippen LogP contribution in [0.5, 0.6) is 5.75 Å². The maximum Gasteiger partial charge on any atom is 0.228 e. The van der Waals surface area contributed by atoms with Crippen molar-refractivity contribution in [1.82, 2.24) is 0 Å². The minimum Gasteiger partial charge on any atom is -0.493 e. The number of carbonyl (C=O) groups excluding carboxylic acids is 2. The number of ketones is 2. The third kappa shape index (κ3) is 2.67. The van der Waals surface area contributed by atoms with Crippen LogP contribution in [-0.4, -0.2) is 25.3 Å². The molecule has 0 aromatic heterocycles. The molecule has 1 aliphatic carbocycles. The van der Waals surface area contributed by atoms with Crippen LogP contribution in [0.2, 0.25) is 0 Å². The average molecular weight is 260 g/mol. The molecule has 0 amide bonds. The van der Waals surface area contributed by atoms with E-state index in [1.165, 1.54) is 13.2 Å². The minimum atomic E-state index is -0.271. The second-order valence-electron chi connectivity index (χ2n) is 4.82. The third-order valence-electron chi connectivity index (χ3n) is 2.79. The van der Waals surface area contributed by atoms with Crippen molar-refractivity contribution in [1.29, 1.82) is 0 Å². The molecule has 0 aliphatic heterocycles. The zero-order chi connectivity index (χ0) is 14.0. The van der Waals surface area contributed by atoms with Crippen molar-refractivity contribution in [3.63, 3.8) is 0 Å². The summed E-state index contributed by atoms with van der Waals surface area (Å²) in [6.07, 6.45) is 1.22. The first kappa shape index (κ1) is 13.3. The number of ether oxygens (including phenoxy) is 2. The van der Waals surface area contributed by atoms with E-state index in [1.54, 1.807) is 18.2 Å². The van der Waals surface area contributed by atoms with Gasteiger partial charge in [-0.3, -0.25) is 9.59 Å². The van der Waals surface area contributed by atoms with Crippen molar-refractivity contribution < 1.29 is 19.1 Å². The molecular formula is C15H16O4. The standard InChI is InChI=1S/C15H16O4/c1-9(2)8-19-10-4-5-11-12(6-10)13(16)7-14(18-3)15(11)17/h4-7,9H,8H2,1-3H3. The first-order valence-corrected chi connectivity index (χ1v) is 6.14. The Morgan fingerprint density at radius 1 is 1.16 bits per heavy atom. The molecule has 0 spiro atoms. The highest BCUT2D eigenvalue weighted by molar-refractivity contribution is 6.23. The van der Waals surface area contributed by atoms with Crippen molar-refractivity contribution in [3.05, 3.63) is 41.2 Å². The summed E-state index contributed by atoms with van der Waals surface area (Å²) in [6.45, 7) is 4.65. The highest BCUT2D eigenvalue weighted by atomic mass is 16.5. The molecule has 0 saturated carbocycles. The summed E-state index contributed by atoms with van der Waals surface area (Å²) in [5.41, 5.74) is 0.730. The number of hydrogen-bond donors (Lipinski definition) is 0. The number of fused-ring (bicyclic) bond motifs is 1. The number of Topliss-reactive ketones (excluding diaryl/α,β-unsaturated/α-hetero) is 1. The van der Waals surface area contributed by atoms with Crippen molar-refractivity contribution in [2.24, 2.45) is 5.92 Å². The molecule has 0 N–H and O–H groups in total. The summed E-state index contributed by atoms with van der Waals surface area (Å²) in [6, 6.07) is 4.92. The minimum absolute atomic E-state index is 0.0772. The van der Waals surface area contributed by atoms with Gasteiger partial charge in [0.1, 0.15) is 5.75 Å². The molecule has 4 heteroatoms. The van der Waals surface area contributed by atoms with Crippen LogP contribution in [0.3, 0.4) is 0 Å². The van der Waals surface area contributed by atoms with Gasteiger partial charge in [0.15, 0.2) is 11.5 Å². The van der Waals surface area contributed by atoms with Gasteiger partial charge in [0.05, 0.1) is 13.7 Å². The molecule has 1 aliphatic rings. The normalized spacial score (nSPS) is 14.2. The molecule has 0 bridgehead atoms. The van der Waals surface area contributed by atoms with E-state index in [0.29, 0.717) is 29.4 Å². The summed E-state index contributed by atoms with van der Waals surface area (Å²) < 4.78 is 10.5. The molecule has 0 atom stereocenters. The molecule has 1 aromatic carbocycles. The Morgan fingerprint density at radius 2 is 1.89 bits per heavy atom. The molecule has 1 aromatic rings. The fourth-order valence-corrected chi connectivity index (χ4v) is 1.82. The van der Waals surface area contributed by atoms with Crippen LogP contribution in [0.15, 0.2) is 30.0 Å². The number of rotatable bonds is 4. The number of carbonyl (C=O) groups is 2. The van der Waals surface area contributed by atoms with E-state index in [2.05, 4.69) is 0 Å². The van der Waals surface area contributed by atoms with Crippen molar-refractivity contribution >= 4 is 11.6 Å². The first-order valence-electron chi connectivity index (χ1n) is 6.14. The van der Waals surface area contributed by atoms with Gasteiger partial charge in [-0.25, -0.2) is 0 Å². The van der Waals surface area contributed by atoms with E-state index in [9.17, 15) is 9.59 Å². The zero-order valence-electron chi connectivity index (χ0n) is 11.2. The predicted octanol–water partition coefficient (Wildman–Crippen LogP) is 2.63. The number of allylic oxidation sites excluding steroid dienone is 2. The molecule has 0 saturated heterocycles. The van der Waals surface area contributed by atoms with E-state index >= 15 is 0 Å². The lowest BCUT2D eigenvalue weighted by Crippen LogP contribution is -2.18. The predicted molar refractivity (Wildman–Crippen MR) is 70.5 cm³/mol. The molecule has 0 radical (unpaired) electrons. The maximum atomic E-state index is 12.0. The van der Waals surface area contributed by atoms with Crippen LogP contribution in [-0.2, 0) is 4.74 Å². The number of benzene rings is 1. The van der Waals surface area contributed by atoms with Crippen LogP contribution in [0.1, 0.15) is 34.6 Å². The maximum absolute atomic E-state index is 12.0. The van der Waals surface area contributed by atoms with E-state index < -0.39 is 0 Å². The van der Waals surface area contributed by atoms with Gasteiger partial charge in [0, 0.05) is 17.2 Å². The zero-order valence-corrected chi connectivity index (χ0v) is 11.2. The van der Waals surface area contributed by atoms with Gasteiger partial charge in [-0.2, -0.15) is 0 Å². The summed E-state index contributed by atoms with van der Waals surface area (Å²) in [5, 5.41) is 0. The molecule has 2 rings (SSSR count). The lowest BCUT2D eigenvalue weighted by Gasteiger charge is -2.15. The number of hydrogen-bond acceptors (Lipinski definition) is 4. The second-order valence-corrected chi connectivity index (χ2v) is 4.82. The smallest absolute Gasteiger partial charge is 0.228 e. The van der Waals surface area contributed by atoms with E-state index in [4.69, 9.17) is 9.47 Å². The third-order valence-corrected chi connectivity index (χ3v) is 2.79. The van der Waals surface area contributed by atoms with Gasteiger partial charge in [0.25, 0.3) is 0 Å². The fourth-order valence-electron chi connectivity index (χ4n) is 1.82. The summed E-state index contributed by atoms with van der Waals surface area (Å²) in [5.74, 6) is 0.568. The highest BCUT2D eigenvalue weighted by Gasteiger charge is 2.26. The van der Waals surface area contributed by atoms with E-state index in [-0.39, 0.29) is 17.3 Å². The van der Waals surface area contributed by atoms with Gasteiger partial charge in [-0.05, 0) is 24.1 Å². The van der Waals surface area contributed by atoms with Gasteiger partial charge in [0.2, 0.25) is 5.78 Å². The topological polar surface area (TPSA) is 52.6 Å². The van der Waals surface area contributed by atoms with Crippen molar-refractivity contribution in [2.75, 3.05) is 13.7 Å². The Hall–Kier alpha value is -2.10. The lowest BCUT2D eigenvalue weighted by atomic mass is 9.93. The second kappa shape index (κ2) is 5.26. The first-order chi connectivity index (χ1) is 9.02. The Balaban J connectivity index is 2.31. The van der Waals surface area contributed by atoms with Crippen LogP contribution < -0.4 is 4.74 Å². The molecular weight excluding hydrogens is 244 g/mol. The Bertz CT molecular complexity index is 555. The Morgan fingerprint density at radius 3 is 2.53 bits per heavy atom. The SMILES string of the molecule is COC1=CC(=O)c2cc(OCC(C)C)ccc2C1=O. The van der Waals surface area contributed by atoms with Crippen LogP contribution in [0.4, 0.5) is 0 Å². The largest absolute Gasteiger partial charge is 0.493 e. The van der Waals surface area contributed by atoms with Crippen molar-refractivity contribution in [2.45, 2.75) is 13.8 Å². The van der Waals surface area contributed by atoms with Crippen LogP contribution in [0, 0.1) is 5.92 Å². The molecule has 0 heterocycles. The van der Waals surface area contributed by atoms with Crippen LogP contribution >= 0.6 is 0 Å². The van der Waals surface area contributed by atoms with E-state index in [0.717, 1.165) is 0 Å². The average Bonchev–Trinajstić information content (AvgIpc) is 2.40. The molecule has 4 nitrogen and oxygen atoms in total. The van der Waals surface area contributed by atoms with Gasteiger partial charge < -0.3 is 9.47 Å². The van der Waals surface area contributed by atoms with Gasteiger partial charge >= 0.3 is 0 Å². The fraction of sp³-hybridized carbons (Fsp3) is 0.333. The molecule has 19 heavy (non-hydrogen) atoms. The molecule has 100 valence electrons. The Kier molecular flexibility index (Phi) is 3.69.